The van der Waals surface area contributed by atoms with Crippen LogP contribution in [-0.4, -0.2) is 82.4 Å². The van der Waals surface area contributed by atoms with Gasteiger partial charge in [-0.1, -0.05) is 12.1 Å². The fourth-order valence-corrected chi connectivity index (χ4v) is 3.37. The number of benzene rings is 1. The molecule has 3 rings (SSSR count). The first-order valence-corrected chi connectivity index (χ1v) is 10.0. The normalized spacial score (nSPS) is 14.4. The van der Waals surface area contributed by atoms with E-state index >= 15 is 0 Å². The van der Waals surface area contributed by atoms with Crippen LogP contribution in [0.25, 0.3) is 11.3 Å². The summed E-state index contributed by atoms with van der Waals surface area (Å²) in [6.07, 6.45) is 1.37. The van der Waals surface area contributed by atoms with Gasteiger partial charge in [0.1, 0.15) is 12.4 Å². The van der Waals surface area contributed by atoms with Gasteiger partial charge in [-0.2, -0.15) is 5.10 Å². The molecule has 2 heterocycles. The number of halogens is 1. The van der Waals surface area contributed by atoms with Crippen LogP contribution in [0.1, 0.15) is 19.0 Å². The number of nitrogens with one attached hydrogen (secondary N) is 1. The van der Waals surface area contributed by atoms with Gasteiger partial charge in [0.2, 0.25) is 5.91 Å². The zero-order valence-electron chi connectivity index (χ0n) is 17.2. The maximum Gasteiger partial charge on any atom is 0.312 e. The molecule has 0 saturated carbocycles. The predicted octanol–water partition coefficient (Wildman–Crippen LogP) is 1.30. The van der Waals surface area contributed by atoms with Gasteiger partial charge in [0, 0.05) is 44.5 Å². The van der Waals surface area contributed by atoms with Crippen molar-refractivity contribution in [1.29, 1.82) is 0 Å². The highest BCUT2D eigenvalue weighted by atomic mass is 19.1. The van der Waals surface area contributed by atoms with Gasteiger partial charge in [-0.25, -0.2) is 4.39 Å². The Morgan fingerprint density at radius 3 is 2.67 bits per heavy atom. The molecule has 1 saturated heterocycles. The van der Waals surface area contributed by atoms with Crippen molar-refractivity contribution >= 4 is 17.7 Å². The minimum absolute atomic E-state index is 0.0909. The number of rotatable bonds is 8. The van der Waals surface area contributed by atoms with Crippen LogP contribution < -0.4 is 0 Å². The molecule has 30 heavy (non-hydrogen) atoms. The third-order valence-corrected chi connectivity index (χ3v) is 5.22. The van der Waals surface area contributed by atoms with Gasteiger partial charge in [0.15, 0.2) is 0 Å². The van der Waals surface area contributed by atoms with Gasteiger partial charge in [-0.3, -0.25) is 19.5 Å². The summed E-state index contributed by atoms with van der Waals surface area (Å²) in [5.74, 6) is -1.68. The summed E-state index contributed by atoms with van der Waals surface area (Å²) in [7, 11) is 1.68. The lowest BCUT2D eigenvalue weighted by Gasteiger charge is -2.33. The fourth-order valence-electron chi connectivity index (χ4n) is 3.37. The molecule has 0 atom stereocenters. The van der Waals surface area contributed by atoms with E-state index < -0.39 is 11.8 Å². The molecule has 3 amide bonds. The van der Waals surface area contributed by atoms with Crippen molar-refractivity contribution in [3.63, 3.8) is 0 Å². The van der Waals surface area contributed by atoms with Crippen LogP contribution in [0, 0.1) is 5.82 Å². The van der Waals surface area contributed by atoms with Crippen LogP contribution in [0.2, 0.25) is 0 Å². The van der Waals surface area contributed by atoms with E-state index in [4.69, 9.17) is 0 Å². The second kappa shape index (κ2) is 9.51. The van der Waals surface area contributed by atoms with Crippen LogP contribution in [0.5, 0.6) is 0 Å². The minimum atomic E-state index is -0.618. The van der Waals surface area contributed by atoms with Crippen LogP contribution in [0.3, 0.4) is 0 Å². The van der Waals surface area contributed by atoms with E-state index in [1.54, 1.807) is 24.1 Å². The first-order valence-electron chi connectivity index (χ1n) is 10.0. The summed E-state index contributed by atoms with van der Waals surface area (Å²) >= 11 is 0. The largest absolute Gasteiger partial charge is 0.344 e. The predicted molar refractivity (Wildman–Crippen MR) is 109 cm³/mol. The zero-order valence-corrected chi connectivity index (χ0v) is 17.2. The Kier molecular flexibility index (Phi) is 6.81. The highest BCUT2D eigenvalue weighted by molar-refractivity contribution is 6.35. The highest BCUT2D eigenvalue weighted by Crippen LogP contribution is 2.19. The SMILES string of the molecule is CCN1CCN(CC(=O)N(C)CCCc2cc(-c3cccc(F)c3)n[nH]2)C(=O)C1=O. The van der Waals surface area contributed by atoms with E-state index in [2.05, 4.69) is 10.2 Å². The fraction of sp³-hybridized carbons (Fsp3) is 0.429. The van der Waals surface area contributed by atoms with Crippen molar-refractivity contribution in [1.82, 2.24) is 24.9 Å². The molecule has 0 spiro atoms. The molecule has 8 nitrogen and oxygen atoms in total. The topological polar surface area (TPSA) is 89.6 Å². The van der Waals surface area contributed by atoms with Gasteiger partial charge in [0.05, 0.1) is 5.69 Å². The summed E-state index contributed by atoms with van der Waals surface area (Å²) in [6.45, 7) is 3.54. The Balaban J connectivity index is 1.46. The summed E-state index contributed by atoms with van der Waals surface area (Å²) in [5.41, 5.74) is 2.27. The van der Waals surface area contributed by atoms with E-state index in [0.29, 0.717) is 50.3 Å². The van der Waals surface area contributed by atoms with Crippen LogP contribution in [-0.2, 0) is 20.8 Å². The number of hydrogen-bond donors (Lipinski definition) is 1. The smallest absolute Gasteiger partial charge is 0.312 e. The molecule has 0 bridgehead atoms. The lowest BCUT2D eigenvalue weighted by Crippen LogP contribution is -2.56. The van der Waals surface area contributed by atoms with Crippen LogP contribution in [0.15, 0.2) is 30.3 Å². The summed E-state index contributed by atoms with van der Waals surface area (Å²) in [6, 6.07) is 8.12. The Morgan fingerprint density at radius 1 is 1.20 bits per heavy atom. The molecule has 9 heteroatoms. The molecule has 2 aromatic rings. The summed E-state index contributed by atoms with van der Waals surface area (Å²) in [5, 5.41) is 7.16. The maximum absolute atomic E-state index is 13.4. The molecular weight excluding hydrogens is 389 g/mol. The molecule has 1 aliphatic heterocycles. The molecule has 1 N–H and O–H groups in total. The Bertz CT molecular complexity index is 929. The average molecular weight is 415 g/mol. The highest BCUT2D eigenvalue weighted by Gasteiger charge is 2.32. The molecule has 0 radical (unpaired) electrons. The van der Waals surface area contributed by atoms with Crippen LogP contribution in [0.4, 0.5) is 4.39 Å². The van der Waals surface area contributed by atoms with Gasteiger partial charge in [0.25, 0.3) is 0 Å². The van der Waals surface area contributed by atoms with E-state index in [1.165, 1.54) is 21.9 Å². The van der Waals surface area contributed by atoms with E-state index in [0.717, 1.165) is 5.69 Å². The number of nitrogens with zero attached hydrogens (tertiary/aromatic N) is 4. The Morgan fingerprint density at radius 2 is 1.93 bits per heavy atom. The summed E-state index contributed by atoms with van der Waals surface area (Å²) < 4.78 is 13.4. The van der Waals surface area contributed by atoms with E-state index in [9.17, 15) is 18.8 Å². The molecule has 160 valence electrons. The molecule has 1 fully saturated rings. The number of amides is 3. The van der Waals surface area contributed by atoms with Gasteiger partial charge in [-0.15, -0.1) is 0 Å². The number of aromatic amines is 1. The lowest BCUT2D eigenvalue weighted by atomic mass is 10.1. The second-order valence-electron chi connectivity index (χ2n) is 7.32. The lowest BCUT2D eigenvalue weighted by molar-refractivity contribution is -0.157. The minimum Gasteiger partial charge on any atom is -0.344 e. The molecule has 0 aliphatic carbocycles. The number of piperazine rings is 1. The monoisotopic (exact) mass is 415 g/mol. The number of likely N-dealkylation sites (N-methyl/N-ethyl adjacent to an activating group) is 2. The van der Waals surface area contributed by atoms with E-state index in [-0.39, 0.29) is 18.3 Å². The maximum atomic E-state index is 13.4. The van der Waals surface area contributed by atoms with Crippen molar-refractivity contribution in [2.45, 2.75) is 19.8 Å². The van der Waals surface area contributed by atoms with E-state index in [1.807, 2.05) is 13.0 Å². The standard InChI is InChI=1S/C21H26FN5O3/c1-3-26-10-11-27(21(30)20(26)29)14-19(28)25(2)9-5-8-17-13-18(24-23-17)15-6-4-7-16(22)12-15/h4,6-7,12-13H,3,5,8-11,14H2,1-2H3,(H,23,24). The average Bonchev–Trinajstić information content (AvgIpc) is 3.20. The number of carbonyl (C=O) groups excluding carboxylic acids is 3. The van der Waals surface area contributed by atoms with Gasteiger partial charge < -0.3 is 14.7 Å². The molecule has 1 aromatic carbocycles. The summed E-state index contributed by atoms with van der Waals surface area (Å²) in [4.78, 5) is 40.9. The number of aryl methyl sites for hydroxylation is 1. The quantitative estimate of drug-likeness (QED) is 0.658. The Hall–Kier alpha value is -3.23. The first kappa shape index (κ1) is 21.5. The zero-order chi connectivity index (χ0) is 21.7. The number of aromatic nitrogens is 2. The number of hydrogen-bond acceptors (Lipinski definition) is 4. The van der Waals surface area contributed by atoms with Gasteiger partial charge >= 0.3 is 11.8 Å². The molecule has 0 unspecified atom stereocenters. The van der Waals surface area contributed by atoms with Crippen LogP contribution >= 0.6 is 0 Å². The Labute approximate surface area is 174 Å². The van der Waals surface area contributed by atoms with Crippen molar-refractivity contribution in [2.75, 3.05) is 39.8 Å². The number of H-pyrrole nitrogens is 1. The van der Waals surface area contributed by atoms with Gasteiger partial charge in [-0.05, 0) is 38.0 Å². The second-order valence-corrected chi connectivity index (χ2v) is 7.32. The first-order chi connectivity index (χ1) is 14.4. The number of carbonyl (C=O) groups is 3. The van der Waals surface area contributed by atoms with Crippen molar-refractivity contribution < 1.29 is 18.8 Å². The third kappa shape index (κ3) is 5.03. The molecule has 1 aromatic heterocycles. The van der Waals surface area contributed by atoms with Crippen molar-refractivity contribution in [3.05, 3.63) is 41.8 Å². The third-order valence-electron chi connectivity index (χ3n) is 5.22. The van der Waals surface area contributed by atoms with Crippen molar-refractivity contribution in [3.8, 4) is 11.3 Å². The molecular formula is C21H26FN5O3. The molecule has 1 aliphatic rings. The van der Waals surface area contributed by atoms with Crippen molar-refractivity contribution in [2.24, 2.45) is 0 Å².